The number of nitrogens with zero attached hydrogens (tertiary/aromatic N) is 2. The molecule has 0 saturated carbocycles. The van der Waals surface area contributed by atoms with Gasteiger partial charge < -0.3 is 4.42 Å². The average Bonchev–Trinajstić information content (AvgIpc) is 2.55. The molecule has 0 aliphatic heterocycles. The Morgan fingerprint density at radius 2 is 2.14 bits per heavy atom. The molecule has 74 valence electrons. The van der Waals surface area contributed by atoms with Crippen molar-refractivity contribution in [1.82, 2.24) is 9.97 Å². The second-order valence-corrected chi connectivity index (χ2v) is 3.60. The SMILES string of the molecule is CCC(C)c1ccc2nc(C)oc2n1. The molecule has 0 spiro atoms. The minimum absolute atomic E-state index is 0.477. The maximum atomic E-state index is 5.38. The highest BCUT2D eigenvalue weighted by Crippen LogP contribution is 2.20. The largest absolute Gasteiger partial charge is 0.423 e. The molecule has 0 aliphatic rings. The number of hydrogen-bond donors (Lipinski definition) is 0. The van der Waals surface area contributed by atoms with Crippen LogP contribution in [0.2, 0.25) is 0 Å². The molecule has 1 unspecified atom stereocenters. The smallest absolute Gasteiger partial charge is 0.247 e. The first kappa shape index (κ1) is 9.19. The van der Waals surface area contributed by atoms with Crippen molar-refractivity contribution >= 4 is 11.2 Å². The Morgan fingerprint density at radius 3 is 2.86 bits per heavy atom. The molecular weight excluding hydrogens is 176 g/mol. The third kappa shape index (κ3) is 1.50. The lowest BCUT2D eigenvalue weighted by molar-refractivity contribution is 0.548. The van der Waals surface area contributed by atoms with E-state index < -0.39 is 0 Å². The molecule has 0 amide bonds. The summed E-state index contributed by atoms with van der Waals surface area (Å²) in [5, 5.41) is 0. The Hall–Kier alpha value is -1.38. The second kappa shape index (κ2) is 3.40. The van der Waals surface area contributed by atoms with Gasteiger partial charge in [-0.25, -0.2) is 9.97 Å². The Morgan fingerprint density at radius 1 is 1.36 bits per heavy atom. The minimum atomic E-state index is 0.477. The van der Waals surface area contributed by atoms with E-state index in [2.05, 4.69) is 23.8 Å². The topological polar surface area (TPSA) is 38.9 Å². The van der Waals surface area contributed by atoms with Crippen molar-refractivity contribution in [1.29, 1.82) is 0 Å². The predicted octanol–water partition coefficient (Wildman–Crippen LogP) is 3.04. The van der Waals surface area contributed by atoms with Crippen LogP contribution in [0.25, 0.3) is 11.2 Å². The van der Waals surface area contributed by atoms with Crippen molar-refractivity contribution in [2.24, 2.45) is 0 Å². The van der Waals surface area contributed by atoms with Gasteiger partial charge in [-0.15, -0.1) is 0 Å². The van der Waals surface area contributed by atoms with Crippen molar-refractivity contribution in [3.8, 4) is 0 Å². The molecule has 0 saturated heterocycles. The fourth-order valence-electron chi connectivity index (χ4n) is 1.42. The first-order valence-electron chi connectivity index (χ1n) is 4.94. The number of fused-ring (bicyclic) bond motifs is 1. The van der Waals surface area contributed by atoms with E-state index in [1.807, 2.05) is 19.1 Å². The van der Waals surface area contributed by atoms with Crippen LogP contribution in [0.15, 0.2) is 16.5 Å². The Labute approximate surface area is 83.2 Å². The summed E-state index contributed by atoms with van der Waals surface area (Å²) in [4.78, 5) is 8.65. The predicted molar refractivity (Wildman–Crippen MR) is 55.2 cm³/mol. The number of oxazole rings is 1. The molecule has 1 atom stereocenters. The van der Waals surface area contributed by atoms with Crippen LogP contribution in [0.4, 0.5) is 0 Å². The van der Waals surface area contributed by atoms with Crippen LogP contribution in [0.1, 0.15) is 37.8 Å². The van der Waals surface area contributed by atoms with E-state index in [9.17, 15) is 0 Å². The van der Waals surface area contributed by atoms with E-state index in [-0.39, 0.29) is 0 Å². The third-order valence-corrected chi connectivity index (χ3v) is 2.50. The molecule has 0 fully saturated rings. The lowest BCUT2D eigenvalue weighted by Gasteiger charge is -2.05. The summed E-state index contributed by atoms with van der Waals surface area (Å²) in [6.07, 6.45) is 1.09. The van der Waals surface area contributed by atoms with Gasteiger partial charge in [0.25, 0.3) is 0 Å². The summed E-state index contributed by atoms with van der Waals surface area (Å²) in [6.45, 7) is 6.16. The van der Waals surface area contributed by atoms with Crippen molar-refractivity contribution < 1.29 is 4.42 Å². The van der Waals surface area contributed by atoms with E-state index in [0.29, 0.717) is 17.5 Å². The van der Waals surface area contributed by atoms with E-state index in [4.69, 9.17) is 4.42 Å². The van der Waals surface area contributed by atoms with Gasteiger partial charge in [-0.2, -0.15) is 0 Å². The zero-order valence-electron chi connectivity index (χ0n) is 8.74. The zero-order valence-corrected chi connectivity index (χ0v) is 8.74. The van der Waals surface area contributed by atoms with Crippen LogP contribution < -0.4 is 0 Å². The summed E-state index contributed by atoms with van der Waals surface area (Å²) >= 11 is 0. The second-order valence-electron chi connectivity index (χ2n) is 3.60. The number of hydrogen-bond acceptors (Lipinski definition) is 3. The summed E-state index contributed by atoms with van der Waals surface area (Å²) < 4.78 is 5.38. The van der Waals surface area contributed by atoms with Crippen molar-refractivity contribution in [3.63, 3.8) is 0 Å². The van der Waals surface area contributed by atoms with Gasteiger partial charge in [0, 0.05) is 12.6 Å². The van der Waals surface area contributed by atoms with Crippen LogP contribution >= 0.6 is 0 Å². The number of rotatable bonds is 2. The normalized spacial score (nSPS) is 13.4. The minimum Gasteiger partial charge on any atom is -0.423 e. The molecule has 3 nitrogen and oxygen atoms in total. The standard InChI is InChI=1S/C11H14N2O/c1-4-7(2)9-5-6-10-11(13-9)14-8(3)12-10/h5-7H,4H2,1-3H3. The lowest BCUT2D eigenvalue weighted by Crippen LogP contribution is -1.94. The Bertz CT molecular complexity index is 447. The fraction of sp³-hybridized carbons (Fsp3) is 0.455. The van der Waals surface area contributed by atoms with Gasteiger partial charge in [0.2, 0.25) is 5.71 Å². The molecule has 2 aromatic rings. The van der Waals surface area contributed by atoms with Crippen LogP contribution in [-0.4, -0.2) is 9.97 Å². The molecular formula is C11H14N2O. The highest BCUT2D eigenvalue weighted by molar-refractivity contribution is 5.68. The van der Waals surface area contributed by atoms with Crippen molar-refractivity contribution in [2.45, 2.75) is 33.1 Å². The molecule has 2 heterocycles. The van der Waals surface area contributed by atoms with Gasteiger partial charge in [0.1, 0.15) is 5.52 Å². The first-order valence-corrected chi connectivity index (χ1v) is 4.94. The molecule has 0 aliphatic carbocycles. The first-order chi connectivity index (χ1) is 6.70. The van der Waals surface area contributed by atoms with Crippen LogP contribution in [0, 0.1) is 6.92 Å². The maximum absolute atomic E-state index is 5.38. The summed E-state index contributed by atoms with van der Waals surface area (Å²) in [6, 6.07) is 4.00. The van der Waals surface area contributed by atoms with Crippen molar-refractivity contribution in [2.75, 3.05) is 0 Å². The van der Waals surface area contributed by atoms with E-state index in [1.54, 1.807) is 0 Å². The molecule has 0 aromatic carbocycles. The van der Waals surface area contributed by atoms with E-state index >= 15 is 0 Å². The highest BCUT2D eigenvalue weighted by Gasteiger charge is 2.08. The molecule has 3 heteroatoms. The number of aromatic nitrogens is 2. The summed E-state index contributed by atoms with van der Waals surface area (Å²) in [5.74, 6) is 1.15. The van der Waals surface area contributed by atoms with Crippen LogP contribution in [-0.2, 0) is 0 Å². The van der Waals surface area contributed by atoms with Crippen molar-refractivity contribution in [3.05, 3.63) is 23.7 Å². The molecule has 2 rings (SSSR count). The van der Waals surface area contributed by atoms with Gasteiger partial charge in [-0.3, -0.25) is 0 Å². The van der Waals surface area contributed by atoms with Gasteiger partial charge in [0.15, 0.2) is 5.89 Å². The zero-order chi connectivity index (χ0) is 10.1. The maximum Gasteiger partial charge on any atom is 0.247 e. The van der Waals surface area contributed by atoms with Gasteiger partial charge >= 0.3 is 0 Å². The molecule has 0 N–H and O–H groups in total. The fourth-order valence-corrected chi connectivity index (χ4v) is 1.42. The lowest BCUT2D eigenvalue weighted by atomic mass is 10.0. The Balaban J connectivity index is 2.50. The molecule has 0 bridgehead atoms. The molecule has 0 radical (unpaired) electrons. The summed E-state index contributed by atoms with van der Waals surface area (Å²) in [5.41, 5.74) is 2.58. The summed E-state index contributed by atoms with van der Waals surface area (Å²) in [7, 11) is 0. The van der Waals surface area contributed by atoms with Gasteiger partial charge in [0.05, 0.1) is 0 Å². The number of pyridine rings is 1. The monoisotopic (exact) mass is 190 g/mol. The molecule has 2 aromatic heterocycles. The van der Waals surface area contributed by atoms with Crippen LogP contribution in [0.5, 0.6) is 0 Å². The van der Waals surface area contributed by atoms with Gasteiger partial charge in [-0.05, 0) is 24.5 Å². The van der Waals surface area contributed by atoms with Crippen LogP contribution in [0.3, 0.4) is 0 Å². The third-order valence-electron chi connectivity index (χ3n) is 2.50. The highest BCUT2D eigenvalue weighted by atomic mass is 16.4. The number of aryl methyl sites for hydroxylation is 1. The molecule has 14 heavy (non-hydrogen) atoms. The quantitative estimate of drug-likeness (QED) is 0.730. The van der Waals surface area contributed by atoms with Gasteiger partial charge in [-0.1, -0.05) is 13.8 Å². The van der Waals surface area contributed by atoms with E-state index in [0.717, 1.165) is 17.6 Å². The van der Waals surface area contributed by atoms with E-state index in [1.165, 1.54) is 0 Å². The average molecular weight is 190 g/mol. The Kier molecular flexibility index (Phi) is 2.23.